The molecule has 1 aromatic carbocycles. The van der Waals surface area contributed by atoms with Crippen molar-refractivity contribution in [1.29, 1.82) is 0 Å². The van der Waals surface area contributed by atoms with Crippen molar-refractivity contribution in [3.63, 3.8) is 0 Å². The Hall–Kier alpha value is -1.00. The molecule has 1 aromatic rings. The van der Waals surface area contributed by atoms with Crippen molar-refractivity contribution >= 4 is 17.7 Å². The van der Waals surface area contributed by atoms with Crippen LogP contribution < -0.4 is 5.32 Å². The first kappa shape index (κ1) is 14.0. The SMILES string of the molecule is CCC1CN(C(=O)c2cccc3c2CCNC3)CCS1. The van der Waals surface area contributed by atoms with E-state index in [1.54, 1.807) is 0 Å². The Morgan fingerprint density at radius 3 is 3.25 bits per heavy atom. The highest BCUT2D eigenvalue weighted by Gasteiger charge is 2.26. The number of fused-ring (bicyclic) bond motifs is 1. The van der Waals surface area contributed by atoms with E-state index >= 15 is 0 Å². The lowest BCUT2D eigenvalue weighted by atomic mass is 9.94. The monoisotopic (exact) mass is 290 g/mol. The molecule has 0 bridgehead atoms. The average molecular weight is 290 g/mol. The summed E-state index contributed by atoms with van der Waals surface area (Å²) in [4.78, 5) is 14.9. The van der Waals surface area contributed by atoms with Gasteiger partial charge in [0.25, 0.3) is 5.91 Å². The molecule has 20 heavy (non-hydrogen) atoms. The van der Waals surface area contributed by atoms with Crippen molar-refractivity contribution < 1.29 is 4.79 Å². The Labute approximate surface area is 125 Å². The van der Waals surface area contributed by atoms with Gasteiger partial charge >= 0.3 is 0 Å². The van der Waals surface area contributed by atoms with Crippen LogP contribution in [0.3, 0.4) is 0 Å². The topological polar surface area (TPSA) is 32.3 Å². The second-order valence-corrected chi connectivity index (χ2v) is 6.93. The Kier molecular flexibility index (Phi) is 4.32. The zero-order valence-electron chi connectivity index (χ0n) is 12.0. The van der Waals surface area contributed by atoms with E-state index in [0.29, 0.717) is 5.25 Å². The number of hydrogen-bond acceptors (Lipinski definition) is 3. The van der Waals surface area contributed by atoms with Crippen molar-refractivity contribution in [2.24, 2.45) is 0 Å². The largest absolute Gasteiger partial charge is 0.337 e. The molecule has 0 spiro atoms. The maximum Gasteiger partial charge on any atom is 0.254 e. The predicted octanol–water partition coefficient (Wildman–Crippen LogP) is 2.30. The fourth-order valence-corrected chi connectivity index (χ4v) is 4.23. The van der Waals surface area contributed by atoms with Crippen LogP contribution in [0.2, 0.25) is 0 Å². The second-order valence-electron chi connectivity index (χ2n) is 5.52. The van der Waals surface area contributed by atoms with Crippen LogP contribution in [0.1, 0.15) is 34.8 Å². The van der Waals surface area contributed by atoms with E-state index in [1.165, 1.54) is 11.1 Å². The number of thioether (sulfide) groups is 1. The van der Waals surface area contributed by atoms with Gasteiger partial charge in [0.15, 0.2) is 0 Å². The molecule has 0 saturated carbocycles. The fourth-order valence-electron chi connectivity index (χ4n) is 3.05. The molecule has 0 aliphatic carbocycles. The van der Waals surface area contributed by atoms with E-state index in [9.17, 15) is 4.79 Å². The second kappa shape index (κ2) is 6.19. The van der Waals surface area contributed by atoms with Gasteiger partial charge in [0.2, 0.25) is 0 Å². The van der Waals surface area contributed by atoms with Crippen molar-refractivity contribution in [2.45, 2.75) is 31.6 Å². The molecule has 108 valence electrons. The average Bonchev–Trinajstić information content (AvgIpc) is 2.53. The minimum absolute atomic E-state index is 0.238. The van der Waals surface area contributed by atoms with Crippen molar-refractivity contribution in [3.05, 3.63) is 34.9 Å². The summed E-state index contributed by atoms with van der Waals surface area (Å²) in [6, 6.07) is 6.17. The van der Waals surface area contributed by atoms with Gasteiger partial charge in [-0.05, 0) is 36.6 Å². The summed E-state index contributed by atoms with van der Waals surface area (Å²) < 4.78 is 0. The molecular weight excluding hydrogens is 268 g/mol. The van der Waals surface area contributed by atoms with E-state index in [4.69, 9.17) is 0 Å². The number of benzene rings is 1. The quantitative estimate of drug-likeness (QED) is 0.907. The maximum atomic E-state index is 12.8. The Morgan fingerprint density at radius 2 is 2.40 bits per heavy atom. The number of nitrogens with zero attached hydrogens (tertiary/aromatic N) is 1. The highest BCUT2D eigenvalue weighted by Crippen LogP contribution is 2.25. The highest BCUT2D eigenvalue weighted by atomic mass is 32.2. The third-order valence-corrected chi connectivity index (χ3v) is 5.62. The van der Waals surface area contributed by atoms with E-state index in [0.717, 1.165) is 50.3 Å². The standard InChI is InChI=1S/C16H22N2OS/c1-2-13-11-18(8-9-20-13)16(19)15-5-3-4-12-10-17-7-6-14(12)15/h3-5,13,17H,2,6-11H2,1H3. The fraction of sp³-hybridized carbons (Fsp3) is 0.562. The van der Waals surface area contributed by atoms with Gasteiger partial charge < -0.3 is 10.2 Å². The Morgan fingerprint density at radius 1 is 1.50 bits per heavy atom. The van der Waals surface area contributed by atoms with E-state index in [1.807, 2.05) is 23.9 Å². The van der Waals surface area contributed by atoms with Crippen molar-refractivity contribution in [1.82, 2.24) is 10.2 Å². The minimum atomic E-state index is 0.238. The van der Waals surface area contributed by atoms with Gasteiger partial charge in [-0.25, -0.2) is 0 Å². The first-order valence-electron chi connectivity index (χ1n) is 7.52. The van der Waals surface area contributed by atoms with Gasteiger partial charge in [-0.3, -0.25) is 4.79 Å². The van der Waals surface area contributed by atoms with E-state index in [2.05, 4.69) is 23.2 Å². The van der Waals surface area contributed by atoms with Crippen LogP contribution in [-0.2, 0) is 13.0 Å². The molecule has 1 saturated heterocycles. The summed E-state index contributed by atoms with van der Waals surface area (Å²) in [7, 11) is 0. The summed E-state index contributed by atoms with van der Waals surface area (Å²) >= 11 is 2.00. The number of nitrogens with one attached hydrogen (secondary N) is 1. The smallest absolute Gasteiger partial charge is 0.254 e. The third-order valence-electron chi connectivity index (χ3n) is 4.25. The molecular formula is C16H22N2OS. The minimum Gasteiger partial charge on any atom is -0.337 e. The lowest BCUT2D eigenvalue weighted by Gasteiger charge is -2.33. The number of amides is 1. The van der Waals surface area contributed by atoms with Crippen molar-refractivity contribution in [3.8, 4) is 0 Å². The van der Waals surface area contributed by atoms with Crippen molar-refractivity contribution in [2.75, 3.05) is 25.4 Å². The zero-order chi connectivity index (χ0) is 13.9. The number of hydrogen-bond donors (Lipinski definition) is 1. The van der Waals surface area contributed by atoms with Crippen LogP contribution >= 0.6 is 11.8 Å². The number of rotatable bonds is 2. The van der Waals surface area contributed by atoms with Crippen LogP contribution in [0.15, 0.2) is 18.2 Å². The molecule has 3 nitrogen and oxygen atoms in total. The highest BCUT2D eigenvalue weighted by molar-refractivity contribution is 8.00. The normalized spacial score (nSPS) is 22.4. The van der Waals surface area contributed by atoms with Gasteiger partial charge in [0.05, 0.1) is 0 Å². The molecule has 2 aliphatic rings. The van der Waals surface area contributed by atoms with Gasteiger partial charge in [0, 0.05) is 36.2 Å². The van der Waals surface area contributed by atoms with Crippen LogP contribution in [0.25, 0.3) is 0 Å². The third kappa shape index (κ3) is 2.72. The predicted molar refractivity (Wildman–Crippen MR) is 84.3 cm³/mol. The molecule has 2 aliphatic heterocycles. The lowest BCUT2D eigenvalue weighted by molar-refractivity contribution is 0.0759. The molecule has 0 radical (unpaired) electrons. The van der Waals surface area contributed by atoms with Crippen LogP contribution in [0.4, 0.5) is 0 Å². The Balaban J connectivity index is 1.83. The van der Waals surface area contributed by atoms with Crippen LogP contribution in [0, 0.1) is 0 Å². The van der Waals surface area contributed by atoms with Gasteiger partial charge in [-0.15, -0.1) is 0 Å². The molecule has 1 unspecified atom stereocenters. The van der Waals surface area contributed by atoms with E-state index in [-0.39, 0.29) is 5.91 Å². The lowest BCUT2D eigenvalue weighted by Crippen LogP contribution is -2.42. The summed E-state index contributed by atoms with van der Waals surface area (Å²) in [5, 5.41) is 3.98. The molecule has 1 N–H and O–H groups in total. The summed E-state index contributed by atoms with van der Waals surface area (Å²) in [5.41, 5.74) is 3.49. The molecule has 1 atom stereocenters. The van der Waals surface area contributed by atoms with Crippen LogP contribution in [0.5, 0.6) is 0 Å². The molecule has 3 rings (SSSR count). The summed E-state index contributed by atoms with van der Waals surface area (Å²) in [6.07, 6.45) is 2.11. The zero-order valence-corrected chi connectivity index (χ0v) is 12.8. The summed E-state index contributed by atoms with van der Waals surface area (Å²) in [5.74, 6) is 1.31. The molecule has 2 heterocycles. The van der Waals surface area contributed by atoms with Gasteiger partial charge in [-0.1, -0.05) is 19.1 Å². The molecule has 1 fully saturated rings. The van der Waals surface area contributed by atoms with Gasteiger partial charge in [-0.2, -0.15) is 11.8 Å². The summed E-state index contributed by atoms with van der Waals surface area (Å²) in [6.45, 7) is 5.88. The van der Waals surface area contributed by atoms with Crippen LogP contribution in [-0.4, -0.2) is 41.4 Å². The number of carbonyl (C=O) groups excluding carboxylic acids is 1. The molecule has 4 heteroatoms. The van der Waals surface area contributed by atoms with E-state index < -0.39 is 0 Å². The maximum absolute atomic E-state index is 12.8. The van der Waals surface area contributed by atoms with Gasteiger partial charge in [0.1, 0.15) is 0 Å². The Bertz CT molecular complexity index is 503. The number of carbonyl (C=O) groups is 1. The molecule has 0 aromatic heterocycles. The first-order chi connectivity index (χ1) is 9.79. The first-order valence-corrected chi connectivity index (χ1v) is 8.57. The molecule has 1 amide bonds.